The van der Waals surface area contributed by atoms with Gasteiger partial charge in [-0.1, -0.05) is 142 Å². The molecule has 0 heterocycles. The Hall–Kier alpha value is -1.42. The molecule has 2 aliphatic rings. The van der Waals surface area contributed by atoms with Gasteiger partial charge < -0.3 is 30.6 Å². The number of aliphatic hydroxyl groups excluding tert-OH is 4. The minimum Gasteiger partial charge on any atom is -0.390 e. The Morgan fingerprint density at radius 1 is 0.523 bits per heavy atom. The molecule has 0 amide bonds. The van der Waals surface area contributed by atoms with E-state index in [-0.39, 0.29) is 0 Å². The van der Waals surface area contributed by atoms with Gasteiger partial charge in [-0.3, -0.25) is 9.59 Å². The van der Waals surface area contributed by atoms with Crippen molar-refractivity contribution in [1.29, 1.82) is 0 Å². The van der Waals surface area contributed by atoms with Crippen LogP contribution in [0.4, 0.5) is 0 Å². The van der Waals surface area contributed by atoms with Crippen molar-refractivity contribution in [3.05, 3.63) is 24.3 Å². The molecule has 8 nitrogen and oxygen atoms in total. The number of hydrogen-bond acceptors (Lipinski definition) is 8. The van der Waals surface area contributed by atoms with E-state index in [1.165, 1.54) is 102 Å². The van der Waals surface area contributed by atoms with Gasteiger partial charge in [-0.05, 0) is 37.1 Å². The highest BCUT2D eigenvalue weighted by molar-refractivity contribution is 6.01. The molecule has 8 heteroatoms. The standard InChI is InChI=1S/2C18H32O4/c2*1-2-3-4-5-6-7-8-9-10-11-12-15(19)18(22)16(20)13-14-17(18)21/h2*13-16,19-20,22H,2-12H2,1H3/t2*15-,16-,18+/m00/s1. The molecule has 256 valence electrons. The molecule has 0 aromatic heterocycles. The van der Waals surface area contributed by atoms with Gasteiger partial charge in [0.2, 0.25) is 0 Å². The van der Waals surface area contributed by atoms with E-state index < -0.39 is 47.2 Å². The Labute approximate surface area is 266 Å². The van der Waals surface area contributed by atoms with Crippen LogP contribution in [0.5, 0.6) is 0 Å². The Balaban J connectivity index is 0.000000440. The van der Waals surface area contributed by atoms with E-state index in [1.807, 2.05) is 0 Å². The van der Waals surface area contributed by atoms with E-state index in [2.05, 4.69) is 13.8 Å². The molecule has 44 heavy (non-hydrogen) atoms. The normalized spacial score (nSPS) is 25.8. The van der Waals surface area contributed by atoms with E-state index in [9.17, 15) is 40.2 Å². The number of rotatable bonds is 24. The summed E-state index contributed by atoms with van der Waals surface area (Å²) in [5.41, 5.74) is -4.06. The second-order valence-electron chi connectivity index (χ2n) is 13.0. The summed E-state index contributed by atoms with van der Waals surface area (Å²) >= 11 is 0. The minimum absolute atomic E-state index is 0.345. The minimum atomic E-state index is -2.03. The van der Waals surface area contributed by atoms with Crippen molar-refractivity contribution >= 4 is 11.6 Å². The van der Waals surface area contributed by atoms with Crippen LogP contribution in [0.2, 0.25) is 0 Å². The second-order valence-corrected chi connectivity index (χ2v) is 13.0. The van der Waals surface area contributed by atoms with Crippen molar-refractivity contribution < 1.29 is 40.2 Å². The monoisotopic (exact) mass is 624 g/mol. The summed E-state index contributed by atoms with van der Waals surface area (Å²) in [7, 11) is 0. The maximum absolute atomic E-state index is 11.6. The first-order valence-corrected chi connectivity index (χ1v) is 17.7. The molecule has 0 aliphatic heterocycles. The van der Waals surface area contributed by atoms with Crippen LogP contribution in [0.1, 0.15) is 155 Å². The zero-order valence-corrected chi connectivity index (χ0v) is 27.7. The molecule has 0 radical (unpaired) electrons. The third-order valence-corrected chi connectivity index (χ3v) is 9.23. The lowest BCUT2D eigenvalue weighted by atomic mass is 9.87. The van der Waals surface area contributed by atoms with Crippen molar-refractivity contribution in [2.24, 2.45) is 0 Å². The molecule has 2 aliphatic carbocycles. The maximum Gasteiger partial charge on any atom is 0.192 e. The third kappa shape index (κ3) is 13.5. The molecule has 0 saturated carbocycles. The third-order valence-electron chi connectivity index (χ3n) is 9.23. The average molecular weight is 625 g/mol. The van der Waals surface area contributed by atoms with Crippen LogP contribution in [0, 0.1) is 0 Å². The van der Waals surface area contributed by atoms with Crippen LogP contribution >= 0.6 is 0 Å². The predicted octanol–water partition coefficient (Wildman–Crippen LogP) is 5.78. The summed E-state index contributed by atoms with van der Waals surface area (Å²) < 4.78 is 0. The molecule has 0 bridgehead atoms. The lowest BCUT2D eigenvalue weighted by molar-refractivity contribution is -0.159. The summed E-state index contributed by atoms with van der Waals surface area (Å²) in [4.78, 5) is 23.1. The Bertz CT molecular complexity index is 774. The molecule has 0 unspecified atom stereocenters. The first-order valence-electron chi connectivity index (χ1n) is 17.7. The fraction of sp³-hybridized carbons (Fsp3) is 0.833. The van der Waals surface area contributed by atoms with Gasteiger partial charge in [0.1, 0.15) is 12.2 Å². The van der Waals surface area contributed by atoms with E-state index >= 15 is 0 Å². The van der Waals surface area contributed by atoms with Gasteiger partial charge in [0.15, 0.2) is 22.8 Å². The number of ketones is 2. The van der Waals surface area contributed by atoms with E-state index in [0.29, 0.717) is 12.8 Å². The predicted molar refractivity (Wildman–Crippen MR) is 175 cm³/mol. The van der Waals surface area contributed by atoms with Gasteiger partial charge in [-0.25, -0.2) is 0 Å². The number of unbranched alkanes of at least 4 members (excludes halogenated alkanes) is 18. The second kappa shape index (κ2) is 23.0. The van der Waals surface area contributed by atoms with E-state index in [1.54, 1.807) is 0 Å². The van der Waals surface area contributed by atoms with Gasteiger partial charge in [0, 0.05) is 0 Å². The van der Waals surface area contributed by atoms with Crippen molar-refractivity contribution in [3.63, 3.8) is 0 Å². The van der Waals surface area contributed by atoms with Gasteiger partial charge in [0.05, 0.1) is 12.2 Å². The van der Waals surface area contributed by atoms with E-state index in [4.69, 9.17) is 0 Å². The van der Waals surface area contributed by atoms with Crippen LogP contribution in [-0.4, -0.2) is 77.8 Å². The highest BCUT2D eigenvalue weighted by Crippen LogP contribution is 2.29. The fourth-order valence-electron chi connectivity index (χ4n) is 6.02. The number of aliphatic hydroxyl groups is 6. The van der Waals surface area contributed by atoms with Gasteiger partial charge >= 0.3 is 0 Å². The molecule has 0 aromatic carbocycles. The van der Waals surface area contributed by atoms with Gasteiger partial charge in [-0.2, -0.15) is 0 Å². The lowest BCUT2D eigenvalue weighted by Crippen LogP contribution is -2.54. The SMILES string of the molecule is CCCCCCCCCCCC[C@H](O)[C@]1(O)C(=O)C=C[C@@H]1O.CCCCCCCCCCCC[C@H](O)[C@]1(O)C(=O)C=C[C@@H]1O. The molecular weight excluding hydrogens is 560 g/mol. The Morgan fingerprint density at radius 2 is 0.773 bits per heavy atom. The quantitative estimate of drug-likeness (QED) is 0.0739. The van der Waals surface area contributed by atoms with Crippen LogP contribution in [0.15, 0.2) is 24.3 Å². The smallest absolute Gasteiger partial charge is 0.192 e. The van der Waals surface area contributed by atoms with Crippen molar-refractivity contribution in [1.82, 2.24) is 0 Å². The van der Waals surface area contributed by atoms with Crippen molar-refractivity contribution in [2.75, 3.05) is 0 Å². The molecule has 0 fully saturated rings. The highest BCUT2D eigenvalue weighted by Gasteiger charge is 2.51. The zero-order valence-electron chi connectivity index (χ0n) is 27.7. The highest BCUT2D eigenvalue weighted by atomic mass is 16.4. The molecule has 6 N–H and O–H groups in total. The zero-order chi connectivity index (χ0) is 32.8. The summed E-state index contributed by atoms with van der Waals surface area (Å²) in [6, 6.07) is 0. The van der Waals surface area contributed by atoms with Crippen molar-refractivity contribution in [2.45, 2.75) is 191 Å². The summed E-state index contributed by atoms with van der Waals surface area (Å²) in [6.45, 7) is 4.44. The molecule has 0 spiro atoms. The fourth-order valence-corrected chi connectivity index (χ4v) is 6.02. The molecule has 0 saturated heterocycles. The molecule has 6 atom stereocenters. The number of carbonyl (C=O) groups is 2. The molecule has 2 rings (SSSR count). The first kappa shape index (κ1) is 40.6. The topological polar surface area (TPSA) is 156 Å². The van der Waals surface area contributed by atoms with Crippen LogP contribution in [-0.2, 0) is 9.59 Å². The van der Waals surface area contributed by atoms with Crippen LogP contribution < -0.4 is 0 Å². The van der Waals surface area contributed by atoms with Crippen molar-refractivity contribution in [3.8, 4) is 0 Å². The summed E-state index contributed by atoms with van der Waals surface area (Å²) in [6.07, 6.45) is 24.3. The number of hydrogen-bond donors (Lipinski definition) is 6. The Morgan fingerprint density at radius 3 is 1.00 bits per heavy atom. The van der Waals surface area contributed by atoms with Gasteiger partial charge in [-0.15, -0.1) is 0 Å². The van der Waals surface area contributed by atoms with E-state index in [0.717, 1.165) is 50.7 Å². The summed E-state index contributed by atoms with van der Waals surface area (Å²) in [5, 5.41) is 59.5. The average Bonchev–Trinajstić information content (AvgIpc) is 3.44. The molecule has 0 aromatic rings. The van der Waals surface area contributed by atoms with Crippen LogP contribution in [0.3, 0.4) is 0 Å². The van der Waals surface area contributed by atoms with Crippen LogP contribution in [0.25, 0.3) is 0 Å². The summed E-state index contributed by atoms with van der Waals surface area (Å²) in [5.74, 6) is -1.20. The molecular formula is C36H64O8. The largest absolute Gasteiger partial charge is 0.390 e. The van der Waals surface area contributed by atoms with Gasteiger partial charge in [0.25, 0.3) is 0 Å². The lowest BCUT2D eigenvalue weighted by Gasteiger charge is -2.30. The Kier molecular flexibility index (Phi) is 21.2. The first-order chi connectivity index (χ1) is 21.1. The number of carbonyl (C=O) groups excluding carboxylic acids is 2. The maximum atomic E-state index is 11.6.